The Morgan fingerprint density at radius 1 is 0.818 bits per heavy atom. The summed E-state index contributed by atoms with van der Waals surface area (Å²) >= 11 is 0. The summed E-state index contributed by atoms with van der Waals surface area (Å²) < 4.78 is 0. The quantitative estimate of drug-likeness (QED) is 0.490. The topological polar surface area (TPSA) is 0 Å². The van der Waals surface area contributed by atoms with Crippen LogP contribution < -0.4 is 0 Å². The first-order valence-electron chi connectivity index (χ1n) is 4.15. The lowest BCUT2D eigenvalue weighted by molar-refractivity contribution is 0.562. The van der Waals surface area contributed by atoms with Gasteiger partial charge in [0.2, 0.25) is 0 Å². The Morgan fingerprint density at radius 3 is 2.45 bits per heavy atom. The maximum Gasteiger partial charge on any atom is 0.00187 e. The molecule has 0 heteroatoms. The maximum atomic E-state index is 2.30. The third-order valence-corrected chi connectivity index (χ3v) is 2.29. The molecule has 0 fully saturated rings. The van der Waals surface area contributed by atoms with E-state index in [1.54, 1.807) is 0 Å². The summed E-state index contributed by atoms with van der Waals surface area (Å²) in [5.41, 5.74) is 0. The van der Waals surface area contributed by atoms with Crippen LogP contribution in [0.15, 0.2) is 48.6 Å². The zero-order valence-corrected chi connectivity index (χ0v) is 6.48. The first kappa shape index (κ1) is 6.66. The van der Waals surface area contributed by atoms with Gasteiger partial charge < -0.3 is 0 Å². The van der Waals surface area contributed by atoms with Gasteiger partial charge >= 0.3 is 0 Å². The molecule has 2 aliphatic carbocycles. The lowest BCUT2D eigenvalue weighted by Crippen LogP contribution is -2.08. The highest BCUT2D eigenvalue weighted by molar-refractivity contribution is 5.23. The zero-order valence-electron chi connectivity index (χ0n) is 6.48. The highest BCUT2D eigenvalue weighted by Gasteiger charge is 2.14. The van der Waals surface area contributed by atoms with E-state index in [1.165, 1.54) is 6.42 Å². The van der Waals surface area contributed by atoms with E-state index in [4.69, 9.17) is 0 Å². The van der Waals surface area contributed by atoms with Crippen LogP contribution in [0, 0.1) is 11.8 Å². The predicted octanol–water partition coefficient (Wildman–Crippen LogP) is 2.86. The smallest absolute Gasteiger partial charge is 0.00187 e. The van der Waals surface area contributed by atoms with E-state index in [9.17, 15) is 0 Å². The van der Waals surface area contributed by atoms with Gasteiger partial charge in [0, 0.05) is 5.92 Å². The molecule has 0 N–H and O–H groups in total. The van der Waals surface area contributed by atoms with Crippen LogP contribution in [-0.2, 0) is 0 Å². The molecular formula is C11H12. The van der Waals surface area contributed by atoms with Crippen molar-refractivity contribution in [1.82, 2.24) is 0 Å². The first-order valence-corrected chi connectivity index (χ1v) is 4.15. The molecule has 0 bridgehead atoms. The number of allylic oxidation sites excluding steroid dienone is 8. The van der Waals surface area contributed by atoms with Crippen LogP contribution in [0.4, 0.5) is 0 Å². The Hall–Kier alpha value is -1.04. The number of fused-ring (bicyclic) bond motifs is 1. The monoisotopic (exact) mass is 144 g/mol. The minimum absolute atomic E-state index is 0.634. The Balaban J connectivity index is 2.23. The summed E-state index contributed by atoms with van der Waals surface area (Å²) in [4.78, 5) is 0. The third-order valence-electron chi connectivity index (χ3n) is 2.29. The maximum absolute atomic E-state index is 2.30. The molecule has 0 saturated carbocycles. The van der Waals surface area contributed by atoms with Gasteiger partial charge in [-0.3, -0.25) is 0 Å². The largest absolute Gasteiger partial charge is 0.0839 e. The van der Waals surface area contributed by atoms with Crippen molar-refractivity contribution in [1.29, 1.82) is 0 Å². The molecule has 11 heavy (non-hydrogen) atoms. The Bertz CT molecular complexity index is 241. The Morgan fingerprint density at radius 2 is 1.55 bits per heavy atom. The first-order chi connectivity index (χ1) is 5.47. The van der Waals surface area contributed by atoms with Crippen LogP contribution >= 0.6 is 0 Å². The molecular weight excluding hydrogens is 132 g/mol. The van der Waals surface area contributed by atoms with Crippen molar-refractivity contribution in [2.75, 3.05) is 0 Å². The second kappa shape index (κ2) is 2.91. The number of hydrogen-bond donors (Lipinski definition) is 0. The highest BCUT2D eigenvalue weighted by Crippen LogP contribution is 2.26. The van der Waals surface area contributed by atoms with Crippen molar-refractivity contribution in [3.63, 3.8) is 0 Å². The van der Waals surface area contributed by atoms with Crippen molar-refractivity contribution >= 4 is 0 Å². The molecule has 0 spiro atoms. The molecule has 0 aromatic carbocycles. The Labute approximate surface area is 67.6 Å². The summed E-state index contributed by atoms with van der Waals surface area (Å²) in [6, 6.07) is 0. The molecule has 0 aliphatic heterocycles. The molecule has 0 nitrogen and oxygen atoms in total. The second-order valence-electron chi connectivity index (χ2n) is 3.06. The minimum Gasteiger partial charge on any atom is -0.0839 e. The van der Waals surface area contributed by atoms with E-state index in [2.05, 4.69) is 48.6 Å². The van der Waals surface area contributed by atoms with Crippen LogP contribution in [-0.4, -0.2) is 0 Å². The second-order valence-corrected chi connectivity index (χ2v) is 3.06. The average Bonchev–Trinajstić information content (AvgIpc) is 2.28. The van der Waals surface area contributed by atoms with Gasteiger partial charge in [0.1, 0.15) is 0 Å². The van der Waals surface area contributed by atoms with Gasteiger partial charge in [-0.1, -0.05) is 48.6 Å². The zero-order chi connectivity index (χ0) is 7.52. The van der Waals surface area contributed by atoms with E-state index in [0.717, 1.165) is 0 Å². The summed E-state index contributed by atoms with van der Waals surface area (Å²) in [6.45, 7) is 0. The molecule has 0 radical (unpaired) electrons. The number of rotatable bonds is 0. The molecule has 2 unspecified atom stereocenters. The fourth-order valence-corrected chi connectivity index (χ4v) is 1.62. The van der Waals surface area contributed by atoms with Crippen LogP contribution in [0.25, 0.3) is 0 Å². The molecule has 2 atom stereocenters. The highest BCUT2D eigenvalue weighted by atomic mass is 14.2. The minimum atomic E-state index is 0.634. The van der Waals surface area contributed by atoms with Gasteiger partial charge in [-0.15, -0.1) is 0 Å². The van der Waals surface area contributed by atoms with E-state index < -0.39 is 0 Å². The molecule has 0 aromatic rings. The normalized spacial score (nSPS) is 33.5. The van der Waals surface area contributed by atoms with Crippen LogP contribution in [0.1, 0.15) is 6.42 Å². The van der Waals surface area contributed by atoms with E-state index in [0.29, 0.717) is 11.8 Å². The van der Waals surface area contributed by atoms with Gasteiger partial charge in [-0.2, -0.15) is 0 Å². The standard InChI is InChI=1S/C11H12/c1-2-6-10-8-4-5-9-11(10)7-3-1/h1-6,8-11H,7H2. The lowest BCUT2D eigenvalue weighted by atomic mass is 9.87. The molecule has 0 heterocycles. The Kier molecular flexibility index (Phi) is 1.76. The molecule has 2 aliphatic rings. The van der Waals surface area contributed by atoms with Gasteiger partial charge in [-0.05, 0) is 12.3 Å². The summed E-state index contributed by atoms with van der Waals surface area (Å²) in [7, 11) is 0. The van der Waals surface area contributed by atoms with Crippen molar-refractivity contribution in [2.24, 2.45) is 11.8 Å². The van der Waals surface area contributed by atoms with E-state index in [1.807, 2.05) is 0 Å². The predicted molar refractivity (Wildman–Crippen MR) is 48.2 cm³/mol. The van der Waals surface area contributed by atoms with Gasteiger partial charge in [-0.25, -0.2) is 0 Å². The van der Waals surface area contributed by atoms with Gasteiger partial charge in [0.15, 0.2) is 0 Å². The fourth-order valence-electron chi connectivity index (χ4n) is 1.62. The molecule has 2 rings (SSSR count). The van der Waals surface area contributed by atoms with E-state index >= 15 is 0 Å². The van der Waals surface area contributed by atoms with E-state index in [-0.39, 0.29) is 0 Å². The SMILES string of the molecule is C1=CCC2C=CC=CC2C=C1. The third kappa shape index (κ3) is 1.35. The molecule has 0 aromatic heterocycles. The summed E-state index contributed by atoms with van der Waals surface area (Å²) in [6.07, 6.45) is 18.8. The van der Waals surface area contributed by atoms with Crippen LogP contribution in [0.5, 0.6) is 0 Å². The number of hydrogen-bond acceptors (Lipinski definition) is 0. The molecule has 0 amide bonds. The average molecular weight is 144 g/mol. The molecule has 56 valence electrons. The van der Waals surface area contributed by atoms with Crippen LogP contribution in [0.3, 0.4) is 0 Å². The molecule has 0 saturated heterocycles. The van der Waals surface area contributed by atoms with Crippen LogP contribution in [0.2, 0.25) is 0 Å². The van der Waals surface area contributed by atoms with Crippen molar-refractivity contribution in [2.45, 2.75) is 6.42 Å². The van der Waals surface area contributed by atoms with Crippen molar-refractivity contribution < 1.29 is 0 Å². The van der Waals surface area contributed by atoms with Crippen molar-refractivity contribution in [3.8, 4) is 0 Å². The van der Waals surface area contributed by atoms with Gasteiger partial charge in [0.25, 0.3) is 0 Å². The summed E-state index contributed by atoms with van der Waals surface area (Å²) in [5.74, 6) is 1.34. The van der Waals surface area contributed by atoms with Gasteiger partial charge in [0.05, 0.1) is 0 Å². The summed E-state index contributed by atoms with van der Waals surface area (Å²) in [5, 5.41) is 0. The fraction of sp³-hybridized carbons (Fsp3) is 0.273. The lowest BCUT2D eigenvalue weighted by Gasteiger charge is -2.18. The van der Waals surface area contributed by atoms with Crippen molar-refractivity contribution in [3.05, 3.63) is 48.6 Å².